The second-order valence-electron chi connectivity index (χ2n) is 9.45. The minimum absolute atomic E-state index is 0.141. The number of hydrogen-bond donors (Lipinski definition) is 1. The Labute approximate surface area is 208 Å². The fourth-order valence-corrected chi connectivity index (χ4v) is 4.66. The van der Waals surface area contributed by atoms with E-state index >= 15 is 0 Å². The van der Waals surface area contributed by atoms with Gasteiger partial charge in [0.25, 0.3) is 0 Å². The molecule has 0 amide bonds. The molecule has 1 aliphatic rings. The number of nitrogens with zero attached hydrogens (tertiary/aromatic N) is 1. The largest absolute Gasteiger partial charge is 0.373 e. The van der Waals surface area contributed by atoms with Crippen LogP contribution in [-0.4, -0.2) is 35.8 Å². The van der Waals surface area contributed by atoms with Gasteiger partial charge in [-0.3, -0.25) is 0 Å². The first-order valence-corrected chi connectivity index (χ1v) is 11.9. The summed E-state index contributed by atoms with van der Waals surface area (Å²) in [5, 5.41) is 17.4. The van der Waals surface area contributed by atoms with E-state index in [4.69, 9.17) is 19.5 Å². The van der Waals surface area contributed by atoms with E-state index in [9.17, 15) is 5.11 Å². The van der Waals surface area contributed by atoms with Crippen molar-refractivity contribution >= 4 is 0 Å². The number of aliphatic hydroxyl groups is 1. The van der Waals surface area contributed by atoms with Gasteiger partial charge in [0.15, 0.2) is 5.79 Å². The van der Waals surface area contributed by atoms with E-state index < -0.39 is 17.0 Å². The van der Waals surface area contributed by atoms with E-state index in [0.29, 0.717) is 19.6 Å². The zero-order valence-electron chi connectivity index (χ0n) is 21.0. The molecule has 0 spiro atoms. The average Bonchev–Trinajstić information content (AvgIpc) is 3.21. The van der Waals surface area contributed by atoms with Crippen LogP contribution in [0.5, 0.6) is 0 Å². The number of rotatable bonds is 8. The lowest BCUT2D eigenvalue weighted by atomic mass is 9.80. The Balaban J connectivity index is 0.00000108. The Hall–Kier alpha value is -3.01. The van der Waals surface area contributed by atoms with E-state index in [2.05, 4.69) is 36.4 Å². The van der Waals surface area contributed by atoms with Crippen molar-refractivity contribution in [3.63, 3.8) is 0 Å². The minimum atomic E-state index is -1.21. The van der Waals surface area contributed by atoms with Crippen molar-refractivity contribution in [1.29, 1.82) is 5.26 Å². The Morgan fingerprint density at radius 2 is 1.31 bits per heavy atom. The summed E-state index contributed by atoms with van der Waals surface area (Å²) in [6, 6.07) is 32.7. The monoisotopic (exact) mass is 473 g/mol. The summed E-state index contributed by atoms with van der Waals surface area (Å²) in [6.45, 7) is 7.51. The highest BCUT2D eigenvalue weighted by Gasteiger charge is 2.43. The van der Waals surface area contributed by atoms with Gasteiger partial charge in [-0.1, -0.05) is 91.0 Å². The van der Waals surface area contributed by atoms with Gasteiger partial charge in [0.2, 0.25) is 0 Å². The highest BCUT2D eigenvalue weighted by Crippen LogP contribution is 2.41. The first-order chi connectivity index (χ1) is 16.7. The zero-order valence-corrected chi connectivity index (χ0v) is 21.0. The number of hydrogen-bond acceptors (Lipinski definition) is 5. The summed E-state index contributed by atoms with van der Waals surface area (Å²) < 4.78 is 18.8. The predicted octanol–water partition coefficient (Wildman–Crippen LogP) is 5.82. The second kappa shape index (κ2) is 11.6. The van der Waals surface area contributed by atoms with Crippen molar-refractivity contribution in [2.24, 2.45) is 0 Å². The van der Waals surface area contributed by atoms with E-state index in [1.54, 1.807) is 19.9 Å². The molecule has 5 nitrogen and oxygen atoms in total. The van der Waals surface area contributed by atoms with Crippen molar-refractivity contribution in [2.45, 2.75) is 57.2 Å². The molecule has 0 bridgehead atoms. The van der Waals surface area contributed by atoms with Crippen molar-refractivity contribution < 1.29 is 19.3 Å². The highest BCUT2D eigenvalue weighted by atomic mass is 16.7. The van der Waals surface area contributed by atoms with Gasteiger partial charge in [0.1, 0.15) is 5.60 Å². The van der Waals surface area contributed by atoms with Gasteiger partial charge in [-0.2, -0.15) is 5.26 Å². The lowest BCUT2D eigenvalue weighted by molar-refractivity contribution is -0.238. The van der Waals surface area contributed by atoms with Crippen molar-refractivity contribution in [3.05, 3.63) is 108 Å². The Morgan fingerprint density at radius 3 is 1.69 bits per heavy atom. The molecule has 3 aromatic carbocycles. The fourth-order valence-electron chi connectivity index (χ4n) is 4.66. The third-order valence-electron chi connectivity index (χ3n) is 5.81. The molecule has 1 saturated heterocycles. The van der Waals surface area contributed by atoms with Gasteiger partial charge in [-0.05, 0) is 37.5 Å². The number of ether oxygens (including phenoxy) is 3. The predicted molar refractivity (Wildman–Crippen MR) is 137 cm³/mol. The minimum Gasteiger partial charge on any atom is -0.373 e. The van der Waals surface area contributed by atoms with E-state index in [-0.39, 0.29) is 6.10 Å². The first-order valence-electron chi connectivity index (χ1n) is 11.9. The molecule has 0 aliphatic carbocycles. The third-order valence-corrected chi connectivity index (χ3v) is 5.81. The van der Waals surface area contributed by atoms with Crippen LogP contribution < -0.4 is 0 Å². The average molecular weight is 474 g/mol. The number of nitriles is 1. The third kappa shape index (κ3) is 6.78. The molecular weight excluding hydrogens is 438 g/mol. The van der Waals surface area contributed by atoms with Crippen LogP contribution >= 0.6 is 0 Å². The summed E-state index contributed by atoms with van der Waals surface area (Å²) >= 11 is 0. The molecule has 1 fully saturated rings. The summed E-state index contributed by atoms with van der Waals surface area (Å²) in [4.78, 5) is 0. The maximum absolute atomic E-state index is 10.1. The molecule has 0 aromatic heterocycles. The van der Waals surface area contributed by atoms with E-state index in [1.165, 1.54) is 6.92 Å². The van der Waals surface area contributed by atoms with Gasteiger partial charge >= 0.3 is 0 Å². The van der Waals surface area contributed by atoms with Gasteiger partial charge < -0.3 is 19.3 Å². The van der Waals surface area contributed by atoms with Crippen LogP contribution in [0.25, 0.3) is 0 Å². The summed E-state index contributed by atoms with van der Waals surface area (Å²) in [6.07, 6.45) is 0.503. The van der Waals surface area contributed by atoms with E-state index in [0.717, 1.165) is 16.7 Å². The summed E-state index contributed by atoms with van der Waals surface area (Å²) in [5.41, 5.74) is 1.85. The van der Waals surface area contributed by atoms with Gasteiger partial charge in [-0.15, -0.1) is 0 Å². The molecule has 5 heteroatoms. The quantitative estimate of drug-likeness (QED) is 0.330. The van der Waals surface area contributed by atoms with Gasteiger partial charge in [0.05, 0.1) is 31.0 Å². The lowest BCUT2D eigenvalue weighted by Gasteiger charge is -2.37. The Kier molecular flexibility index (Phi) is 8.82. The van der Waals surface area contributed by atoms with Gasteiger partial charge in [0, 0.05) is 13.3 Å². The van der Waals surface area contributed by atoms with Crippen LogP contribution in [0.4, 0.5) is 0 Å². The molecule has 1 aliphatic heterocycles. The summed E-state index contributed by atoms with van der Waals surface area (Å²) in [5.74, 6) is -1.21. The smallest absolute Gasteiger partial charge is 0.160 e. The van der Waals surface area contributed by atoms with Crippen molar-refractivity contribution in [3.8, 4) is 6.07 Å². The van der Waals surface area contributed by atoms with Crippen molar-refractivity contribution in [2.75, 3.05) is 13.2 Å². The molecule has 184 valence electrons. The molecule has 1 N–H and O–H groups in total. The highest BCUT2D eigenvalue weighted by molar-refractivity contribution is 5.47. The van der Waals surface area contributed by atoms with Crippen LogP contribution in [0.15, 0.2) is 91.0 Å². The number of benzene rings is 3. The Morgan fingerprint density at radius 1 is 0.914 bits per heavy atom. The fraction of sp³-hybridized carbons (Fsp3) is 0.367. The van der Waals surface area contributed by atoms with Crippen LogP contribution in [0, 0.1) is 11.3 Å². The molecular formula is C30H35NO4. The second-order valence-corrected chi connectivity index (χ2v) is 9.45. The maximum Gasteiger partial charge on any atom is 0.160 e. The van der Waals surface area contributed by atoms with Crippen LogP contribution in [0.2, 0.25) is 0 Å². The zero-order chi connectivity index (χ0) is 25.4. The van der Waals surface area contributed by atoms with E-state index in [1.807, 2.05) is 61.5 Å². The standard InChI is InChI=1S/C28H32O4.C2H3N/c1-26(2,29)32-27(3)19-25(30-21-27)20-31-28(22-13-7-4-8-14-22,23-15-9-5-10-16-23)24-17-11-6-12-18-24;1-2-3/h4-18,25,29H,19-21H2,1-3H3;1H3/t25-,27?;/m0./s1. The molecule has 0 saturated carbocycles. The van der Waals surface area contributed by atoms with Crippen molar-refractivity contribution in [1.82, 2.24) is 0 Å². The SMILES string of the molecule is CC#N.CC(C)(O)OC1(C)CO[C@H](COC(c2ccccc2)(c2ccccc2)c2ccccc2)C1. The molecule has 35 heavy (non-hydrogen) atoms. The lowest BCUT2D eigenvalue weighted by Crippen LogP contribution is -2.40. The molecule has 4 rings (SSSR count). The molecule has 2 atom stereocenters. The Bertz CT molecular complexity index is 977. The molecule has 0 radical (unpaired) electrons. The molecule has 1 unspecified atom stereocenters. The van der Waals surface area contributed by atoms with Crippen LogP contribution in [0.1, 0.15) is 50.8 Å². The first kappa shape index (κ1) is 26.6. The maximum atomic E-state index is 10.1. The van der Waals surface area contributed by atoms with Crippen LogP contribution in [-0.2, 0) is 19.8 Å². The van der Waals surface area contributed by atoms with Crippen LogP contribution in [0.3, 0.4) is 0 Å². The molecule has 1 heterocycles. The van der Waals surface area contributed by atoms with Gasteiger partial charge in [-0.25, -0.2) is 0 Å². The molecule has 3 aromatic rings. The summed E-state index contributed by atoms with van der Waals surface area (Å²) in [7, 11) is 0. The normalized spacial score (nSPS) is 19.9. The topological polar surface area (TPSA) is 71.7 Å².